The number of carbonyl (C=O) groups excluding carboxylic acids is 1. The first kappa shape index (κ1) is 24.7. The molecule has 1 N–H and O–H groups in total. The van der Waals surface area contributed by atoms with Crippen LogP contribution in [0.1, 0.15) is 39.2 Å². The van der Waals surface area contributed by atoms with Crippen LogP contribution in [-0.2, 0) is 9.57 Å². The minimum atomic E-state index is -4.78. The Bertz CT molecular complexity index is 1020. The Kier molecular flexibility index (Phi) is 6.80. The lowest BCUT2D eigenvalue weighted by Gasteiger charge is -2.33. The van der Waals surface area contributed by atoms with Crippen molar-refractivity contribution in [2.45, 2.75) is 56.4 Å². The van der Waals surface area contributed by atoms with Crippen molar-refractivity contribution >= 4 is 52.3 Å². The molecule has 2 aliphatic rings. The van der Waals surface area contributed by atoms with Gasteiger partial charge in [0, 0.05) is 17.0 Å². The average molecular weight is 512 g/mol. The zero-order valence-corrected chi connectivity index (χ0v) is 19.6. The molecule has 1 amide bonds. The van der Waals surface area contributed by atoms with Crippen molar-refractivity contribution < 1.29 is 27.5 Å². The van der Waals surface area contributed by atoms with Crippen LogP contribution in [0.2, 0.25) is 5.02 Å². The third-order valence-corrected chi connectivity index (χ3v) is 5.55. The highest BCUT2D eigenvalue weighted by molar-refractivity contribution is 6.34. The van der Waals surface area contributed by atoms with Gasteiger partial charge in [0.2, 0.25) is 0 Å². The Morgan fingerprint density at radius 3 is 2.56 bits per heavy atom. The first-order valence-corrected chi connectivity index (χ1v) is 10.7. The average Bonchev–Trinajstić information content (AvgIpc) is 3.08. The summed E-state index contributed by atoms with van der Waals surface area (Å²) in [6, 6.07) is 4.34. The number of amides is 1. The van der Waals surface area contributed by atoms with E-state index >= 15 is 0 Å². The summed E-state index contributed by atoms with van der Waals surface area (Å²) in [5.74, 6) is 0. The largest absolute Gasteiger partial charge is 0.444 e. The van der Waals surface area contributed by atoms with E-state index in [0.717, 1.165) is 0 Å². The van der Waals surface area contributed by atoms with Crippen molar-refractivity contribution in [1.82, 2.24) is 0 Å². The summed E-state index contributed by atoms with van der Waals surface area (Å²) in [5, 5.41) is 5.79. The van der Waals surface area contributed by atoms with Crippen LogP contribution in [0.15, 0.2) is 46.1 Å². The molecule has 1 aromatic rings. The number of halogens is 6. The second-order valence-corrected chi connectivity index (χ2v) is 9.80. The molecule has 2 unspecified atom stereocenters. The number of allylic oxidation sites excluding steroid dienone is 3. The van der Waals surface area contributed by atoms with E-state index in [2.05, 4.69) is 10.5 Å². The summed E-state index contributed by atoms with van der Waals surface area (Å²) < 4.78 is 47.7. The normalized spacial score (nSPS) is 23.7. The monoisotopic (exact) mass is 510 g/mol. The number of alkyl halides is 4. The van der Waals surface area contributed by atoms with Gasteiger partial charge in [-0.05, 0) is 57.0 Å². The Morgan fingerprint density at radius 1 is 1.28 bits per heavy atom. The molecule has 0 saturated heterocycles. The first-order valence-electron chi connectivity index (χ1n) is 9.54. The van der Waals surface area contributed by atoms with Crippen LogP contribution in [0.5, 0.6) is 0 Å². The van der Waals surface area contributed by atoms with Gasteiger partial charge in [0.15, 0.2) is 0 Å². The van der Waals surface area contributed by atoms with Crippen molar-refractivity contribution in [1.29, 1.82) is 0 Å². The highest BCUT2D eigenvalue weighted by Gasteiger charge is 2.63. The van der Waals surface area contributed by atoms with Gasteiger partial charge in [-0.15, -0.1) is 11.6 Å². The van der Waals surface area contributed by atoms with Crippen LogP contribution in [0, 0.1) is 0 Å². The molecule has 0 spiro atoms. The fraction of sp³-hybridized carbons (Fsp3) is 0.429. The lowest BCUT2D eigenvalue weighted by Crippen LogP contribution is -2.48. The fourth-order valence-corrected chi connectivity index (χ4v) is 4.12. The summed E-state index contributed by atoms with van der Waals surface area (Å²) >= 11 is 18.1. The Labute approximate surface area is 198 Å². The van der Waals surface area contributed by atoms with Crippen molar-refractivity contribution in [2.24, 2.45) is 5.16 Å². The van der Waals surface area contributed by atoms with Crippen LogP contribution < -0.4 is 5.32 Å². The standard InChI is InChI=1S/C21H20Cl3F3N2O3/c1-19(2,3)31-18(30)28-16-6-11(4-5-15(16)24)17-10-20(32-29-17,21(25,26)27)12-7-13(22)9-14(23)8-12/h4-7,9,14H,8,10H2,1-3H3,(H,28,30). The number of hydrogen-bond donors (Lipinski definition) is 1. The molecule has 1 aliphatic carbocycles. The number of oxime groups is 1. The summed E-state index contributed by atoms with van der Waals surface area (Å²) in [4.78, 5) is 17.1. The van der Waals surface area contributed by atoms with Crippen LogP contribution in [0.4, 0.5) is 23.7 Å². The molecule has 2 atom stereocenters. The molecular weight excluding hydrogens is 492 g/mol. The maximum Gasteiger partial charge on any atom is 0.435 e. The molecule has 0 fully saturated rings. The number of benzene rings is 1. The van der Waals surface area contributed by atoms with Gasteiger partial charge >= 0.3 is 12.3 Å². The van der Waals surface area contributed by atoms with Crippen molar-refractivity contribution in [3.8, 4) is 0 Å². The lowest BCUT2D eigenvalue weighted by molar-refractivity contribution is -0.253. The molecule has 5 nitrogen and oxygen atoms in total. The third-order valence-electron chi connectivity index (χ3n) is 4.71. The number of hydrogen-bond acceptors (Lipinski definition) is 4. The molecule has 0 radical (unpaired) electrons. The third kappa shape index (κ3) is 5.35. The molecular formula is C21H20Cl3F3N2O3. The van der Waals surface area contributed by atoms with Gasteiger partial charge in [0.25, 0.3) is 5.60 Å². The number of rotatable bonds is 3. The van der Waals surface area contributed by atoms with Gasteiger partial charge in [0.05, 0.1) is 21.8 Å². The molecule has 1 heterocycles. The van der Waals surface area contributed by atoms with E-state index in [9.17, 15) is 18.0 Å². The Balaban J connectivity index is 1.89. The van der Waals surface area contributed by atoms with Gasteiger partial charge in [-0.2, -0.15) is 13.2 Å². The van der Waals surface area contributed by atoms with Crippen molar-refractivity contribution in [3.63, 3.8) is 0 Å². The smallest absolute Gasteiger partial charge is 0.435 e. The molecule has 0 saturated carbocycles. The van der Waals surface area contributed by atoms with E-state index in [4.69, 9.17) is 44.4 Å². The lowest BCUT2D eigenvalue weighted by atomic mass is 9.82. The van der Waals surface area contributed by atoms with Crippen LogP contribution >= 0.6 is 34.8 Å². The molecule has 11 heteroatoms. The van der Waals surface area contributed by atoms with Crippen LogP contribution in [0.25, 0.3) is 0 Å². The molecule has 174 valence electrons. The van der Waals surface area contributed by atoms with E-state index < -0.39 is 35.3 Å². The number of nitrogens with zero attached hydrogens (tertiary/aromatic N) is 1. The number of carbonyl (C=O) groups is 1. The fourth-order valence-electron chi connectivity index (χ4n) is 3.31. The highest BCUT2D eigenvalue weighted by atomic mass is 35.5. The predicted octanol–water partition coefficient (Wildman–Crippen LogP) is 7.17. The highest BCUT2D eigenvalue weighted by Crippen LogP contribution is 2.49. The van der Waals surface area contributed by atoms with E-state index in [-0.39, 0.29) is 33.4 Å². The summed E-state index contributed by atoms with van der Waals surface area (Å²) in [6.07, 6.45) is -3.55. The second kappa shape index (κ2) is 8.80. The molecule has 3 rings (SSSR count). The SMILES string of the molecule is CC(C)(C)OC(=O)Nc1cc(C2=NOC(C3=CC(Cl)=CC(Cl)C3)(C(F)(F)F)C2)ccc1Cl. The predicted molar refractivity (Wildman–Crippen MR) is 119 cm³/mol. The van der Waals surface area contributed by atoms with Gasteiger partial charge in [-0.25, -0.2) is 4.79 Å². The molecule has 1 aliphatic heterocycles. The zero-order valence-electron chi connectivity index (χ0n) is 17.3. The maximum atomic E-state index is 14.2. The first-order chi connectivity index (χ1) is 14.7. The molecule has 32 heavy (non-hydrogen) atoms. The van der Waals surface area contributed by atoms with Crippen molar-refractivity contribution in [3.05, 3.63) is 51.5 Å². The van der Waals surface area contributed by atoms with Crippen LogP contribution in [-0.4, -0.2) is 34.6 Å². The van der Waals surface area contributed by atoms with E-state index in [0.29, 0.717) is 5.56 Å². The Hall–Kier alpha value is -1.90. The minimum absolute atomic E-state index is 0.0314. The van der Waals surface area contributed by atoms with E-state index in [1.54, 1.807) is 20.8 Å². The summed E-state index contributed by atoms with van der Waals surface area (Å²) in [6.45, 7) is 5.08. The van der Waals surface area contributed by atoms with Gasteiger partial charge in [-0.1, -0.05) is 34.4 Å². The topological polar surface area (TPSA) is 59.9 Å². The minimum Gasteiger partial charge on any atom is -0.444 e. The van der Waals surface area contributed by atoms with Gasteiger partial charge in [0.1, 0.15) is 5.60 Å². The van der Waals surface area contributed by atoms with Crippen LogP contribution in [0.3, 0.4) is 0 Å². The summed E-state index contributed by atoms with van der Waals surface area (Å²) in [5.41, 5.74) is -3.06. The van der Waals surface area contributed by atoms with Gasteiger partial charge in [-0.3, -0.25) is 5.32 Å². The van der Waals surface area contributed by atoms with E-state index in [1.807, 2.05) is 0 Å². The maximum absolute atomic E-state index is 14.2. The summed E-state index contributed by atoms with van der Waals surface area (Å²) in [7, 11) is 0. The molecule has 0 aromatic heterocycles. The number of anilines is 1. The van der Waals surface area contributed by atoms with Crippen molar-refractivity contribution in [2.75, 3.05) is 5.32 Å². The number of nitrogens with one attached hydrogen (secondary N) is 1. The Morgan fingerprint density at radius 2 is 1.97 bits per heavy atom. The quantitative estimate of drug-likeness (QED) is 0.438. The molecule has 0 bridgehead atoms. The molecule has 1 aromatic carbocycles. The van der Waals surface area contributed by atoms with E-state index in [1.165, 1.54) is 30.4 Å². The van der Waals surface area contributed by atoms with Gasteiger partial charge < -0.3 is 9.57 Å². The number of ether oxygens (including phenoxy) is 1. The second-order valence-electron chi connectivity index (χ2n) is 8.39. The zero-order chi connectivity index (χ0) is 23.9.